The summed E-state index contributed by atoms with van der Waals surface area (Å²) in [5.41, 5.74) is 3.43. The van der Waals surface area contributed by atoms with E-state index >= 15 is 0 Å². The van der Waals surface area contributed by atoms with Gasteiger partial charge in [-0.3, -0.25) is 9.59 Å². The van der Waals surface area contributed by atoms with Crippen molar-refractivity contribution in [1.29, 1.82) is 0 Å². The van der Waals surface area contributed by atoms with Gasteiger partial charge in [0.15, 0.2) is 0 Å². The van der Waals surface area contributed by atoms with Crippen molar-refractivity contribution in [1.82, 2.24) is 5.32 Å². The summed E-state index contributed by atoms with van der Waals surface area (Å²) in [5.74, 6) is -1.09. The average Bonchev–Trinajstić information content (AvgIpc) is 3.21. The molecule has 0 bridgehead atoms. The standard InChI is InChI=1S/C26H24BrNO6/c1-15-18-11-20-21(16-6-8-17(27)9-7-16)14-33-22(20)13-23(18)34-26(32)19(15)12-24(29)28-10-4-2-3-5-25(30)31/h6-9,11,13-14H,2-5,10,12H2,1H3,(H,28,29)(H,30,31). The molecular weight excluding hydrogens is 502 g/mol. The third-order valence-corrected chi connectivity index (χ3v) is 6.39. The lowest BCUT2D eigenvalue weighted by molar-refractivity contribution is -0.137. The average molecular weight is 526 g/mol. The van der Waals surface area contributed by atoms with Gasteiger partial charge in [-0.05, 0) is 49.1 Å². The molecule has 0 aliphatic heterocycles. The Labute approximate surface area is 203 Å². The smallest absolute Gasteiger partial charge is 0.340 e. The Kier molecular flexibility index (Phi) is 7.17. The third kappa shape index (κ3) is 5.22. The van der Waals surface area contributed by atoms with Crippen LogP contribution in [0.25, 0.3) is 33.1 Å². The van der Waals surface area contributed by atoms with Crippen molar-refractivity contribution in [3.05, 3.63) is 68.7 Å². The highest BCUT2D eigenvalue weighted by atomic mass is 79.9. The first-order valence-electron chi connectivity index (χ1n) is 11.1. The highest BCUT2D eigenvalue weighted by Gasteiger charge is 2.17. The molecule has 0 fully saturated rings. The Bertz CT molecular complexity index is 1420. The van der Waals surface area contributed by atoms with Gasteiger partial charge in [0.2, 0.25) is 5.91 Å². The summed E-state index contributed by atoms with van der Waals surface area (Å²) in [6.07, 6.45) is 3.70. The largest absolute Gasteiger partial charge is 0.481 e. The number of furan rings is 1. The van der Waals surface area contributed by atoms with E-state index in [1.54, 1.807) is 12.3 Å². The molecule has 0 aliphatic rings. The molecule has 7 nitrogen and oxygen atoms in total. The molecule has 4 rings (SSSR count). The van der Waals surface area contributed by atoms with Crippen LogP contribution in [0, 0.1) is 6.92 Å². The lowest BCUT2D eigenvalue weighted by Gasteiger charge is -2.09. The van der Waals surface area contributed by atoms with Gasteiger partial charge < -0.3 is 19.3 Å². The number of nitrogens with one attached hydrogen (secondary N) is 1. The zero-order valence-corrected chi connectivity index (χ0v) is 20.2. The highest BCUT2D eigenvalue weighted by molar-refractivity contribution is 9.10. The Hall–Kier alpha value is -3.39. The van der Waals surface area contributed by atoms with Gasteiger partial charge >= 0.3 is 11.6 Å². The zero-order valence-electron chi connectivity index (χ0n) is 18.7. The van der Waals surface area contributed by atoms with E-state index in [0.29, 0.717) is 48.1 Å². The van der Waals surface area contributed by atoms with Crippen LogP contribution in [0.3, 0.4) is 0 Å². The Morgan fingerprint density at radius 3 is 2.53 bits per heavy atom. The van der Waals surface area contributed by atoms with E-state index in [0.717, 1.165) is 26.4 Å². The fourth-order valence-electron chi connectivity index (χ4n) is 4.00. The number of hydrogen-bond acceptors (Lipinski definition) is 5. The number of fused-ring (bicyclic) bond motifs is 2. The van der Waals surface area contributed by atoms with Gasteiger partial charge in [0.05, 0.1) is 18.2 Å². The minimum absolute atomic E-state index is 0.0811. The van der Waals surface area contributed by atoms with Crippen LogP contribution < -0.4 is 10.9 Å². The summed E-state index contributed by atoms with van der Waals surface area (Å²) in [7, 11) is 0. The van der Waals surface area contributed by atoms with Gasteiger partial charge in [-0.25, -0.2) is 4.79 Å². The maximum Gasteiger partial charge on any atom is 0.340 e. The topological polar surface area (TPSA) is 110 Å². The molecule has 34 heavy (non-hydrogen) atoms. The van der Waals surface area contributed by atoms with Crippen molar-refractivity contribution in [3.63, 3.8) is 0 Å². The van der Waals surface area contributed by atoms with Crippen molar-refractivity contribution in [2.75, 3.05) is 6.54 Å². The van der Waals surface area contributed by atoms with Crippen molar-refractivity contribution < 1.29 is 23.5 Å². The molecule has 2 aromatic carbocycles. The minimum Gasteiger partial charge on any atom is -0.481 e. The highest BCUT2D eigenvalue weighted by Crippen LogP contribution is 2.35. The van der Waals surface area contributed by atoms with E-state index in [9.17, 15) is 14.4 Å². The van der Waals surface area contributed by atoms with E-state index in [2.05, 4.69) is 21.2 Å². The second-order valence-electron chi connectivity index (χ2n) is 8.22. The van der Waals surface area contributed by atoms with E-state index in [4.69, 9.17) is 13.9 Å². The van der Waals surface area contributed by atoms with E-state index in [1.807, 2.05) is 37.3 Å². The Balaban J connectivity index is 1.56. The van der Waals surface area contributed by atoms with Gasteiger partial charge in [0.1, 0.15) is 11.2 Å². The van der Waals surface area contributed by atoms with Crippen LogP contribution >= 0.6 is 15.9 Å². The molecule has 2 heterocycles. The lowest BCUT2D eigenvalue weighted by Crippen LogP contribution is -2.28. The fourth-order valence-corrected chi connectivity index (χ4v) is 4.26. The molecule has 0 aliphatic carbocycles. The predicted molar refractivity (Wildman–Crippen MR) is 133 cm³/mol. The fraction of sp³-hybridized carbons (Fsp3) is 0.269. The molecule has 2 aromatic heterocycles. The first-order valence-corrected chi connectivity index (χ1v) is 11.8. The minimum atomic E-state index is -0.820. The number of unbranched alkanes of at least 4 members (excludes halogenated alkanes) is 2. The second-order valence-corrected chi connectivity index (χ2v) is 9.14. The van der Waals surface area contributed by atoms with Gasteiger partial charge in [0.25, 0.3) is 0 Å². The van der Waals surface area contributed by atoms with Crippen LogP contribution in [0.5, 0.6) is 0 Å². The maximum atomic E-state index is 12.6. The number of carboxylic acids is 1. The first-order chi connectivity index (χ1) is 16.3. The van der Waals surface area contributed by atoms with Crippen LogP contribution in [0.1, 0.15) is 36.8 Å². The summed E-state index contributed by atoms with van der Waals surface area (Å²) in [4.78, 5) is 35.6. The lowest BCUT2D eigenvalue weighted by atomic mass is 9.99. The third-order valence-electron chi connectivity index (χ3n) is 5.86. The number of hydrogen-bond donors (Lipinski definition) is 2. The van der Waals surface area contributed by atoms with Crippen LogP contribution in [0.4, 0.5) is 0 Å². The molecule has 0 atom stereocenters. The SMILES string of the molecule is Cc1c(CC(=O)NCCCCCC(=O)O)c(=O)oc2cc3occ(-c4ccc(Br)cc4)c3cc12. The zero-order chi connectivity index (χ0) is 24.2. The van der Waals surface area contributed by atoms with Crippen molar-refractivity contribution in [2.45, 2.75) is 39.0 Å². The van der Waals surface area contributed by atoms with Gasteiger partial charge in [-0.15, -0.1) is 0 Å². The first kappa shape index (κ1) is 23.8. The number of benzene rings is 2. The van der Waals surface area contributed by atoms with Crippen molar-refractivity contribution in [2.24, 2.45) is 0 Å². The van der Waals surface area contributed by atoms with Crippen molar-refractivity contribution >= 4 is 49.7 Å². The number of carboxylic acid groups (broad SMARTS) is 1. The molecular formula is C26H24BrNO6. The summed E-state index contributed by atoms with van der Waals surface area (Å²) in [6, 6.07) is 11.6. The summed E-state index contributed by atoms with van der Waals surface area (Å²) < 4.78 is 12.2. The monoisotopic (exact) mass is 525 g/mol. The number of carbonyl (C=O) groups is 2. The maximum absolute atomic E-state index is 12.6. The molecule has 0 saturated carbocycles. The molecule has 1 amide bonds. The van der Waals surface area contributed by atoms with Gasteiger partial charge in [0, 0.05) is 39.8 Å². The van der Waals surface area contributed by atoms with Crippen LogP contribution in [0.15, 0.2) is 60.8 Å². The Morgan fingerprint density at radius 2 is 1.79 bits per heavy atom. The molecule has 0 saturated heterocycles. The van der Waals surface area contributed by atoms with E-state index in [1.165, 1.54) is 0 Å². The molecule has 4 aromatic rings. The van der Waals surface area contributed by atoms with Crippen LogP contribution in [0.2, 0.25) is 0 Å². The van der Waals surface area contributed by atoms with E-state index in [-0.39, 0.29) is 18.7 Å². The molecule has 2 N–H and O–H groups in total. The molecule has 0 spiro atoms. The van der Waals surface area contributed by atoms with Gasteiger partial charge in [-0.1, -0.05) is 34.5 Å². The molecule has 0 radical (unpaired) electrons. The molecule has 0 unspecified atom stereocenters. The normalized spacial score (nSPS) is 11.2. The number of rotatable bonds is 9. The number of amides is 1. The quantitative estimate of drug-likeness (QED) is 0.218. The summed E-state index contributed by atoms with van der Waals surface area (Å²) in [6.45, 7) is 2.25. The number of halogens is 1. The van der Waals surface area contributed by atoms with Crippen LogP contribution in [-0.4, -0.2) is 23.5 Å². The molecule has 176 valence electrons. The number of aryl methyl sites for hydroxylation is 1. The second kappa shape index (κ2) is 10.3. The number of carbonyl (C=O) groups excluding carboxylic acids is 1. The summed E-state index contributed by atoms with van der Waals surface area (Å²) >= 11 is 3.45. The van der Waals surface area contributed by atoms with E-state index < -0.39 is 11.6 Å². The Morgan fingerprint density at radius 1 is 1.03 bits per heavy atom. The summed E-state index contributed by atoms with van der Waals surface area (Å²) in [5, 5.41) is 13.1. The number of aliphatic carboxylic acids is 1. The molecule has 8 heteroatoms. The van der Waals surface area contributed by atoms with Gasteiger partial charge in [-0.2, -0.15) is 0 Å². The predicted octanol–water partition coefficient (Wildman–Crippen LogP) is 5.58. The van der Waals surface area contributed by atoms with Crippen LogP contribution in [-0.2, 0) is 16.0 Å². The van der Waals surface area contributed by atoms with Crippen molar-refractivity contribution in [3.8, 4) is 11.1 Å².